The Morgan fingerprint density at radius 3 is 2.40 bits per heavy atom. The number of ether oxygens (including phenoxy) is 4. The number of aromatic nitrogens is 8. The second-order valence-corrected chi connectivity index (χ2v) is 13.9. The molecule has 10 atom stereocenters. The van der Waals surface area contributed by atoms with Gasteiger partial charge in [0.25, 0.3) is 5.56 Å². The van der Waals surface area contributed by atoms with E-state index in [4.69, 9.17) is 53.0 Å². The molecule has 260 valence electrons. The van der Waals surface area contributed by atoms with Crippen molar-refractivity contribution in [1.29, 1.82) is 0 Å². The number of methoxy groups -OCH3 is 2. The van der Waals surface area contributed by atoms with Gasteiger partial charge in [-0.3, -0.25) is 28.0 Å². The maximum absolute atomic E-state index is 13.5. The van der Waals surface area contributed by atoms with Gasteiger partial charge in [-0.2, -0.15) is 18.9 Å². The molecule has 0 amide bonds. The molecule has 3 fully saturated rings. The van der Waals surface area contributed by atoms with Gasteiger partial charge in [0.05, 0.1) is 26.4 Å². The van der Waals surface area contributed by atoms with Crippen LogP contribution in [0.25, 0.3) is 22.3 Å². The predicted molar refractivity (Wildman–Crippen MR) is 159 cm³/mol. The van der Waals surface area contributed by atoms with Crippen molar-refractivity contribution >= 4 is 50.1 Å². The molecule has 23 nitrogen and oxygen atoms in total. The number of phosphoric ester groups is 1. The smallest absolute Gasteiger partial charge is 0.382 e. The quantitative estimate of drug-likeness (QED) is 0.158. The molecule has 3 aliphatic rings. The van der Waals surface area contributed by atoms with Crippen LogP contribution in [-0.2, 0) is 46.1 Å². The molecule has 10 unspecified atom stereocenters. The Kier molecular flexibility index (Phi) is 8.69. The fourth-order valence-corrected chi connectivity index (χ4v) is 7.97. The van der Waals surface area contributed by atoms with Crippen molar-refractivity contribution < 1.29 is 55.9 Å². The van der Waals surface area contributed by atoms with E-state index in [1.54, 1.807) is 0 Å². The van der Waals surface area contributed by atoms with Crippen LogP contribution in [-0.4, -0.2) is 120 Å². The van der Waals surface area contributed by atoms with Crippen molar-refractivity contribution in [2.75, 3.05) is 46.0 Å². The molecule has 0 spiro atoms. The molecule has 48 heavy (non-hydrogen) atoms. The van der Waals surface area contributed by atoms with Crippen molar-refractivity contribution in [3.8, 4) is 0 Å². The Labute approximate surface area is 269 Å². The molecule has 25 heteroatoms. The number of nitrogen functional groups attached to an aromatic ring is 2. The summed E-state index contributed by atoms with van der Waals surface area (Å²) in [5.74, 6) is -0.0801. The van der Waals surface area contributed by atoms with Gasteiger partial charge in [0, 0.05) is 14.2 Å². The van der Waals surface area contributed by atoms with Crippen molar-refractivity contribution in [2.24, 2.45) is 0 Å². The highest BCUT2D eigenvalue weighted by Crippen LogP contribution is 2.62. The lowest BCUT2D eigenvalue weighted by Crippen LogP contribution is -2.38. The third-order valence-electron chi connectivity index (χ3n) is 8.05. The number of hydrogen-bond acceptors (Lipinski definition) is 19. The molecule has 7 rings (SSSR count). The van der Waals surface area contributed by atoms with E-state index in [2.05, 4.69) is 29.9 Å². The minimum Gasteiger partial charge on any atom is -0.382 e. The molecule has 7 N–H and O–H groups in total. The first kappa shape index (κ1) is 33.2. The van der Waals surface area contributed by atoms with Crippen LogP contribution < -0.4 is 17.0 Å². The SMILES string of the molecule is COC1C2COP(=O)(O)OC3C(CO[P+](O)(OC)OC1C(n1cnc4c(=O)[nH]c(N)nc41)O2)OC(n1cnc2c(N)ncnc21)C3OC. The van der Waals surface area contributed by atoms with Crippen molar-refractivity contribution in [3.05, 3.63) is 29.3 Å². The van der Waals surface area contributed by atoms with Gasteiger partial charge in [0.15, 0.2) is 41.2 Å². The molecule has 2 bridgehead atoms. The van der Waals surface area contributed by atoms with Crippen molar-refractivity contribution in [2.45, 2.75) is 49.1 Å². The highest BCUT2D eigenvalue weighted by atomic mass is 31.2. The number of fused-ring (bicyclic) bond motifs is 5. The van der Waals surface area contributed by atoms with Crippen LogP contribution in [0.5, 0.6) is 0 Å². The molecule has 0 aromatic carbocycles. The monoisotopic (exact) mass is 717 g/mol. The topological polar surface area (TPSA) is 300 Å². The van der Waals surface area contributed by atoms with Crippen LogP contribution in [0.4, 0.5) is 11.8 Å². The summed E-state index contributed by atoms with van der Waals surface area (Å²) in [6.07, 6.45) is -5.44. The minimum atomic E-state index is -4.91. The zero-order valence-electron chi connectivity index (χ0n) is 25.3. The van der Waals surface area contributed by atoms with E-state index in [0.29, 0.717) is 0 Å². The summed E-state index contributed by atoms with van der Waals surface area (Å²) in [6, 6.07) is 0. The number of anilines is 2. The van der Waals surface area contributed by atoms with Gasteiger partial charge in [-0.25, -0.2) is 24.5 Å². The molecule has 0 radical (unpaired) electrons. The van der Waals surface area contributed by atoms with E-state index in [9.17, 15) is 19.1 Å². The number of nitrogens with two attached hydrogens (primary N) is 2. The predicted octanol–water partition coefficient (Wildman–Crippen LogP) is -0.817. The van der Waals surface area contributed by atoms with E-state index in [-0.39, 0.29) is 34.1 Å². The lowest BCUT2D eigenvalue weighted by atomic mass is 10.1. The number of hydrogen-bond donors (Lipinski definition) is 5. The van der Waals surface area contributed by atoms with Crippen LogP contribution >= 0.6 is 16.0 Å². The molecular weight excluding hydrogens is 686 g/mol. The molecular formula is C23H31N10O13P2+. The van der Waals surface area contributed by atoms with Crippen LogP contribution in [0.3, 0.4) is 0 Å². The fourth-order valence-electron chi connectivity index (χ4n) is 5.89. The number of H-pyrrole nitrogens is 1. The van der Waals surface area contributed by atoms with E-state index in [1.165, 1.54) is 42.3 Å². The Balaban J connectivity index is 1.25. The summed E-state index contributed by atoms with van der Waals surface area (Å²) in [7, 11) is -5.37. The summed E-state index contributed by atoms with van der Waals surface area (Å²) >= 11 is 0. The van der Waals surface area contributed by atoms with Gasteiger partial charge in [-0.15, -0.1) is 4.52 Å². The van der Waals surface area contributed by atoms with Crippen LogP contribution in [0.2, 0.25) is 0 Å². The van der Waals surface area contributed by atoms with E-state index in [1.807, 2.05) is 0 Å². The third kappa shape index (κ3) is 5.75. The first-order valence-corrected chi connectivity index (χ1v) is 17.1. The summed E-state index contributed by atoms with van der Waals surface area (Å²) < 4.78 is 68.3. The lowest BCUT2D eigenvalue weighted by Gasteiger charge is -2.26. The maximum Gasteiger partial charge on any atom is 0.572 e. The fraction of sp³-hybridized carbons (Fsp3) is 0.565. The average Bonchev–Trinajstić information content (AvgIpc) is 3.82. The number of imidazole rings is 2. The molecule has 0 aliphatic carbocycles. The second-order valence-electron chi connectivity index (χ2n) is 10.7. The van der Waals surface area contributed by atoms with Crippen LogP contribution in [0, 0.1) is 0 Å². The molecule has 3 aliphatic heterocycles. The number of aromatic amines is 1. The minimum absolute atomic E-state index is 0.0154. The first-order valence-electron chi connectivity index (χ1n) is 14.1. The third-order valence-corrected chi connectivity index (χ3v) is 10.5. The van der Waals surface area contributed by atoms with Crippen LogP contribution in [0.1, 0.15) is 12.5 Å². The number of rotatable bonds is 5. The largest absolute Gasteiger partial charge is 0.572 e. The molecule has 0 saturated carbocycles. The van der Waals surface area contributed by atoms with Gasteiger partial charge in [-0.1, -0.05) is 0 Å². The van der Waals surface area contributed by atoms with Crippen molar-refractivity contribution in [3.63, 3.8) is 0 Å². The first-order chi connectivity index (χ1) is 23.0. The molecule has 3 saturated heterocycles. The van der Waals surface area contributed by atoms with Gasteiger partial charge in [-0.05, 0) is 0 Å². The summed E-state index contributed by atoms with van der Waals surface area (Å²) in [6.45, 7) is -1.08. The van der Waals surface area contributed by atoms with Crippen LogP contribution in [0.15, 0.2) is 23.8 Å². The molecule has 4 aromatic rings. The Bertz CT molecular complexity index is 1930. The normalized spacial score (nSPS) is 36.1. The van der Waals surface area contributed by atoms with E-state index >= 15 is 0 Å². The average molecular weight is 718 g/mol. The Morgan fingerprint density at radius 1 is 0.958 bits per heavy atom. The lowest BCUT2D eigenvalue weighted by molar-refractivity contribution is -0.0736. The zero-order valence-corrected chi connectivity index (χ0v) is 27.1. The van der Waals surface area contributed by atoms with Gasteiger partial charge < -0.3 is 35.3 Å². The number of nitrogens with zero attached hydrogens (tertiary/aromatic N) is 7. The standard InChI is InChI=1S/C23H30N10O13P2/c1-38-13-9-4-41-47(35,36)45-14-10(44-21(15(14)39-2)32-7-28-11-17(24)26-6-27-18(11)32)5-42-48(37,40-3)46-16(13)22(43-9)33-8-29-12-19(33)30-23(25)31-20(12)34/h6-10,13-16,21-22,37H,4-5H2,1-3H3,(H5-,24,25,26,27,30,31,34,35,36)/p+1. The summed E-state index contributed by atoms with van der Waals surface area (Å²) in [5.41, 5.74) is 11.6. The summed E-state index contributed by atoms with van der Waals surface area (Å²) in [4.78, 5) is 58.0. The van der Waals surface area contributed by atoms with E-state index < -0.39 is 83.8 Å². The molecule has 4 aromatic heterocycles. The Morgan fingerprint density at radius 2 is 1.67 bits per heavy atom. The molecule has 7 heterocycles. The zero-order chi connectivity index (χ0) is 34.0. The maximum atomic E-state index is 13.5. The van der Waals surface area contributed by atoms with E-state index in [0.717, 1.165) is 7.11 Å². The summed E-state index contributed by atoms with van der Waals surface area (Å²) in [5, 5.41) is 0. The van der Waals surface area contributed by atoms with Gasteiger partial charge in [0.2, 0.25) is 5.95 Å². The highest BCUT2D eigenvalue weighted by molar-refractivity contribution is 7.55. The Hall–Kier alpha value is -3.28. The highest BCUT2D eigenvalue weighted by Gasteiger charge is 2.60. The number of phosphoric acid groups is 1. The van der Waals surface area contributed by atoms with Gasteiger partial charge >= 0.3 is 16.0 Å². The van der Waals surface area contributed by atoms with Gasteiger partial charge in [0.1, 0.15) is 49.0 Å². The van der Waals surface area contributed by atoms with Crippen molar-refractivity contribution in [1.82, 2.24) is 39.0 Å². The second kappa shape index (κ2) is 12.6. The number of nitrogens with one attached hydrogen (secondary N) is 1.